The number of morpholine rings is 1. The van der Waals surface area contributed by atoms with Crippen molar-refractivity contribution >= 4 is 11.8 Å². The molecule has 2 aliphatic rings. The fourth-order valence-corrected chi connectivity index (χ4v) is 3.01. The molecule has 2 aliphatic heterocycles. The average molecular weight is 325 g/mol. The van der Waals surface area contributed by atoms with E-state index in [4.69, 9.17) is 4.74 Å². The van der Waals surface area contributed by atoms with Crippen LogP contribution in [0, 0.1) is 5.41 Å². The van der Waals surface area contributed by atoms with Crippen LogP contribution in [-0.2, 0) is 14.3 Å². The van der Waals surface area contributed by atoms with E-state index in [-0.39, 0.29) is 17.2 Å². The van der Waals surface area contributed by atoms with Gasteiger partial charge in [-0.2, -0.15) is 0 Å². The third-order valence-electron chi connectivity index (χ3n) is 4.41. The molecule has 0 aromatic rings. The zero-order valence-electron chi connectivity index (χ0n) is 14.8. The summed E-state index contributed by atoms with van der Waals surface area (Å²) < 4.78 is 5.32. The van der Waals surface area contributed by atoms with Gasteiger partial charge in [0, 0.05) is 58.7 Å². The molecule has 0 atom stereocenters. The molecule has 0 bridgehead atoms. The highest BCUT2D eigenvalue weighted by molar-refractivity contribution is 5.78. The van der Waals surface area contributed by atoms with Crippen molar-refractivity contribution in [3.63, 3.8) is 0 Å². The first-order chi connectivity index (χ1) is 10.8. The molecule has 0 N–H and O–H groups in total. The van der Waals surface area contributed by atoms with Gasteiger partial charge in [0.1, 0.15) is 0 Å². The zero-order chi connectivity index (χ0) is 16.9. The molecular formula is C17H31N3O3. The number of piperazine rings is 1. The van der Waals surface area contributed by atoms with E-state index >= 15 is 0 Å². The van der Waals surface area contributed by atoms with Crippen molar-refractivity contribution in [1.29, 1.82) is 0 Å². The van der Waals surface area contributed by atoms with E-state index < -0.39 is 0 Å². The van der Waals surface area contributed by atoms with Crippen molar-refractivity contribution in [1.82, 2.24) is 14.7 Å². The number of hydrogen-bond donors (Lipinski definition) is 0. The van der Waals surface area contributed by atoms with Gasteiger partial charge in [0.15, 0.2) is 0 Å². The van der Waals surface area contributed by atoms with Gasteiger partial charge in [0.25, 0.3) is 0 Å². The van der Waals surface area contributed by atoms with Gasteiger partial charge in [-0.3, -0.25) is 14.5 Å². The lowest BCUT2D eigenvalue weighted by Crippen LogP contribution is -2.51. The Hall–Kier alpha value is -1.14. The van der Waals surface area contributed by atoms with Crippen LogP contribution in [0.2, 0.25) is 0 Å². The van der Waals surface area contributed by atoms with Crippen molar-refractivity contribution in [2.24, 2.45) is 5.41 Å². The van der Waals surface area contributed by atoms with Crippen LogP contribution >= 0.6 is 0 Å². The Bertz CT molecular complexity index is 406. The van der Waals surface area contributed by atoms with E-state index in [2.05, 4.69) is 25.7 Å². The van der Waals surface area contributed by atoms with Gasteiger partial charge in [-0.15, -0.1) is 0 Å². The van der Waals surface area contributed by atoms with Crippen LogP contribution in [-0.4, -0.2) is 85.5 Å². The predicted molar refractivity (Wildman–Crippen MR) is 89.1 cm³/mol. The van der Waals surface area contributed by atoms with Crippen molar-refractivity contribution < 1.29 is 14.3 Å². The van der Waals surface area contributed by atoms with Crippen LogP contribution in [0.3, 0.4) is 0 Å². The molecule has 0 aliphatic carbocycles. The maximum absolute atomic E-state index is 12.3. The normalized spacial score (nSPS) is 20.7. The topological polar surface area (TPSA) is 53.1 Å². The molecule has 6 heteroatoms. The molecule has 0 saturated carbocycles. The van der Waals surface area contributed by atoms with Crippen molar-refractivity contribution in [3.8, 4) is 0 Å². The minimum absolute atomic E-state index is 0.0161. The Morgan fingerprint density at radius 3 is 1.91 bits per heavy atom. The third kappa shape index (κ3) is 6.11. The van der Waals surface area contributed by atoms with Gasteiger partial charge in [0.05, 0.1) is 13.2 Å². The lowest BCUT2D eigenvalue weighted by molar-refractivity contribution is -0.140. The summed E-state index contributed by atoms with van der Waals surface area (Å²) in [5.41, 5.74) is 0.0161. The number of hydrogen-bond acceptors (Lipinski definition) is 4. The van der Waals surface area contributed by atoms with Gasteiger partial charge in [-0.25, -0.2) is 0 Å². The molecule has 0 unspecified atom stereocenters. The standard InChI is InChI=1S/C17H31N3O3/c1-17(2,3)14-16(22)20-8-6-19(7-9-20)15(21)4-5-18-10-12-23-13-11-18/h4-14H2,1-3H3. The maximum Gasteiger partial charge on any atom is 0.223 e. The van der Waals surface area contributed by atoms with Crippen LogP contribution in [0.5, 0.6) is 0 Å². The summed E-state index contributed by atoms with van der Waals surface area (Å²) in [5.74, 6) is 0.414. The first-order valence-corrected chi connectivity index (χ1v) is 8.71. The van der Waals surface area contributed by atoms with Crippen LogP contribution < -0.4 is 0 Å². The highest BCUT2D eigenvalue weighted by Gasteiger charge is 2.26. The molecule has 6 nitrogen and oxygen atoms in total. The highest BCUT2D eigenvalue weighted by Crippen LogP contribution is 2.20. The molecule has 2 amide bonds. The van der Waals surface area contributed by atoms with Crippen LogP contribution in [0.15, 0.2) is 0 Å². The quantitative estimate of drug-likeness (QED) is 0.768. The SMILES string of the molecule is CC(C)(C)CC(=O)N1CCN(C(=O)CCN2CCOCC2)CC1. The summed E-state index contributed by atoms with van der Waals surface area (Å²) in [6, 6.07) is 0. The third-order valence-corrected chi connectivity index (χ3v) is 4.41. The number of carbonyl (C=O) groups excluding carboxylic acids is 2. The number of amides is 2. The van der Waals surface area contributed by atoms with Crippen molar-refractivity contribution in [3.05, 3.63) is 0 Å². The summed E-state index contributed by atoms with van der Waals surface area (Å²) in [6.45, 7) is 13.1. The highest BCUT2D eigenvalue weighted by atomic mass is 16.5. The number of carbonyl (C=O) groups is 2. The van der Waals surface area contributed by atoms with Gasteiger partial charge < -0.3 is 14.5 Å². The molecule has 0 radical (unpaired) electrons. The second-order valence-electron chi connectivity index (χ2n) is 7.70. The molecule has 0 spiro atoms. The first-order valence-electron chi connectivity index (χ1n) is 8.71. The molecule has 132 valence electrons. The van der Waals surface area contributed by atoms with E-state index in [1.807, 2.05) is 9.80 Å². The van der Waals surface area contributed by atoms with Gasteiger partial charge in [-0.05, 0) is 5.41 Å². The Morgan fingerprint density at radius 2 is 1.39 bits per heavy atom. The summed E-state index contributed by atoms with van der Waals surface area (Å²) in [7, 11) is 0. The largest absolute Gasteiger partial charge is 0.379 e. The predicted octanol–water partition coefficient (Wildman–Crippen LogP) is 0.816. The lowest BCUT2D eigenvalue weighted by atomic mass is 9.91. The smallest absolute Gasteiger partial charge is 0.223 e. The maximum atomic E-state index is 12.3. The van der Waals surface area contributed by atoms with Crippen LogP contribution in [0.1, 0.15) is 33.6 Å². The Balaban J connectivity index is 1.69. The average Bonchev–Trinajstić information content (AvgIpc) is 2.52. The number of nitrogens with zero attached hydrogens (tertiary/aromatic N) is 3. The van der Waals surface area contributed by atoms with Gasteiger partial charge in [-0.1, -0.05) is 20.8 Å². The summed E-state index contributed by atoms with van der Waals surface area (Å²) in [4.78, 5) is 30.6. The van der Waals surface area contributed by atoms with E-state index in [0.29, 0.717) is 39.0 Å². The van der Waals surface area contributed by atoms with Gasteiger partial charge in [0.2, 0.25) is 11.8 Å². The summed E-state index contributed by atoms with van der Waals surface area (Å²) >= 11 is 0. The fraction of sp³-hybridized carbons (Fsp3) is 0.882. The monoisotopic (exact) mass is 325 g/mol. The number of rotatable bonds is 4. The second-order valence-corrected chi connectivity index (χ2v) is 7.70. The molecule has 0 aromatic carbocycles. The van der Waals surface area contributed by atoms with Crippen molar-refractivity contribution in [2.45, 2.75) is 33.6 Å². The first kappa shape index (κ1) is 18.2. The minimum atomic E-state index is 0.0161. The van der Waals surface area contributed by atoms with Crippen LogP contribution in [0.25, 0.3) is 0 Å². The molecular weight excluding hydrogens is 294 g/mol. The Morgan fingerprint density at radius 1 is 0.870 bits per heavy atom. The van der Waals surface area contributed by atoms with Gasteiger partial charge >= 0.3 is 0 Å². The van der Waals surface area contributed by atoms with Crippen LogP contribution in [0.4, 0.5) is 0 Å². The Kier molecular flexibility index (Phi) is 6.41. The minimum Gasteiger partial charge on any atom is -0.379 e. The number of ether oxygens (including phenoxy) is 1. The van der Waals surface area contributed by atoms with Crippen molar-refractivity contribution in [2.75, 3.05) is 59.0 Å². The molecule has 2 rings (SSSR count). The second kappa shape index (κ2) is 8.11. The molecule has 2 saturated heterocycles. The molecule has 2 fully saturated rings. The molecule has 23 heavy (non-hydrogen) atoms. The Labute approximate surface area is 139 Å². The van der Waals surface area contributed by atoms with E-state index in [1.54, 1.807) is 0 Å². The lowest BCUT2D eigenvalue weighted by Gasteiger charge is -2.36. The molecule has 0 aromatic heterocycles. The summed E-state index contributed by atoms with van der Waals surface area (Å²) in [6.07, 6.45) is 1.13. The summed E-state index contributed by atoms with van der Waals surface area (Å²) in [5, 5.41) is 0. The zero-order valence-corrected chi connectivity index (χ0v) is 14.8. The van der Waals surface area contributed by atoms with E-state index in [0.717, 1.165) is 32.8 Å². The fourth-order valence-electron chi connectivity index (χ4n) is 3.01. The molecule has 2 heterocycles. The van der Waals surface area contributed by atoms with E-state index in [9.17, 15) is 9.59 Å². The van der Waals surface area contributed by atoms with E-state index in [1.165, 1.54) is 0 Å².